The molecule has 0 unspecified atom stereocenters. The van der Waals surface area contributed by atoms with E-state index in [1.807, 2.05) is 14.1 Å². The molecule has 6 heteroatoms. The Balaban J connectivity index is 3.01. The molecule has 0 spiro atoms. The summed E-state index contributed by atoms with van der Waals surface area (Å²) in [6.07, 6.45) is 3.11. The molecule has 0 aliphatic rings. The van der Waals surface area contributed by atoms with Gasteiger partial charge in [-0.05, 0) is 22.0 Å². The summed E-state index contributed by atoms with van der Waals surface area (Å²) in [6.45, 7) is 0. The topological polar surface area (TPSA) is 57.8 Å². The smallest absolute Gasteiger partial charge is 0.354 e. The molecule has 1 rings (SSSR count). The van der Waals surface area contributed by atoms with Gasteiger partial charge >= 0.3 is 5.97 Å². The number of nitrogens with zero attached hydrogens (tertiary/aromatic N) is 3. The molecule has 1 heterocycles. The van der Waals surface area contributed by atoms with Crippen LogP contribution in [0.2, 0.25) is 0 Å². The van der Waals surface area contributed by atoms with Gasteiger partial charge in [0, 0.05) is 24.8 Å². The highest BCUT2D eigenvalue weighted by Crippen LogP contribution is 2.14. The van der Waals surface area contributed by atoms with Crippen LogP contribution < -0.4 is 0 Å². The lowest BCUT2D eigenvalue weighted by Crippen LogP contribution is -2.10. The summed E-state index contributed by atoms with van der Waals surface area (Å²) in [5, 5.41) is 12.8. The number of carboxylic acid groups (broad SMARTS) is 1. The minimum atomic E-state index is -1.01. The molecule has 14 heavy (non-hydrogen) atoms. The number of aromatic nitrogens is 1. The quantitative estimate of drug-likeness (QED) is 0.658. The molecular formula is C8H10BrN3O2. The fourth-order valence-electron chi connectivity index (χ4n) is 0.835. The molecule has 0 aliphatic carbocycles. The fraction of sp³-hybridized carbons (Fsp3) is 0.250. The van der Waals surface area contributed by atoms with E-state index in [9.17, 15) is 4.79 Å². The van der Waals surface area contributed by atoms with E-state index in [2.05, 4.69) is 21.0 Å². The van der Waals surface area contributed by atoms with E-state index in [0.717, 1.165) is 0 Å². The van der Waals surface area contributed by atoms with Crippen LogP contribution in [-0.2, 0) is 0 Å². The van der Waals surface area contributed by atoms with Gasteiger partial charge in [0.15, 0.2) is 5.69 Å². The molecule has 1 N–H and O–H groups in total. The van der Waals surface area contributed by atoms with Crippen molar-refractivity contribution in [3.8, 4) is 0 Å². The molecular weight excluding hydrogens is 250 g/mol. The zero-order valence-corrected chi connectivity index (χ0v) is 9.39. The molecule has 5 nitrogen and oxygen atoms in total. The van der Waals surface area contributed by atoms with Crippen LogP contribution in [-0.4, -0.2) is 41.1 Å². The van der Waals surface area contributed by atoms with Crippen LogP contribution >= 0.6 is 15.9 Å². The van der Waals surface area contributed by atoms with Gasteiger partial charge in [0.25, 0.3) is 0 Å². The highest BCUT2D eigenvalue weighted by atomic mass is 79.9. The first-order chi connectivity index (χ1) is 6.50. The number of halogens is 1. The van der Waals surface area contributed by atoms with Crippen LogP contribution in [0, 0.1) is 0 Å². The van der Waals surface area contributed by atoms with E-state index in [1.165, 1.54) is 17.1 Å². The van der Waals surface area contributed by atoms with Gasteiger partial charge in [-0.25, -0.2) is 9.47 Å². The van der Waals surface area contributed by atoms with Crippen LogP contribution in [0.1, 0.15) is 10.5 Å². The third-order valence-corrected chi connectivity index (χ3v) is 1.83. The average molecular weight is 260 g/mol. The second-order valence-electron chi connectivity index (χ2n) is 2.89. The molecule has 0 amide bonds. The summed E-state index contributed by atoms with van der Waals surface area (Å²) in [5.74, 6) is -1.01. The number of hydrogen-bond donors (Lipinski definition) is 1. The van der Waals surface area contributed by atoms with Gasteiger partial charge in [-0.3, -0.25) is 0 Å². The van der Waals surface area contributed by atoms with Crippen molar-refractivity contribution in [2.45, 2.75) is 0 Å². The Hall–Kier alpha value is -1.30. The Morgan fingerprint density at radius 1 is 1.71 bits per heavy atom. The Kier molecular flexibility index (Phi) is 3.29. The lowest BCUT2D eigenvalue weighted by atomic mass is 10.4. The Morgan fingerprint density at radius 3 is 2.86 bits per heavy atom. The number of carboxylic acids is 1. The number of hydrogen-bond acceptors (Lipinski definition) is 2. The highest BCUT2D eigenvalue weighted by Gasteiger charge is 2.10. The monoisotopic (exact) mass is 259 g/mol. The summed E-state index contributed by atoms with van der Waals surface area (Å²) in [7, 11) is 3.62. The van der Waals surface area contributed by atoms with Crippen LogP contribution in [0.5, 0.6) is 0 Å². The normalized spacial score (nSPS) is 10.8. The molecule has 1 aromatic rings. The lowest BCUT2D eigenvalue weighted by molar-refractivity contribution is 0.0686. The summed E-state index contributed by atoms with van der Waals surface area (Å²) >= 11 is 3.19. The van der Waals surface area contributed by atoms with Crippen LogP contribution in [0.4, 0.5) is 0 Å². The molecule has 0 aromatic carbocycles. The average Bonchev–Trinajstić information content (AvgIpc) is 2.43. The molecule has 0 fully saturated rings. The van der Waals surface area contributed by atoms with Crippen molar-refractivity contribution < 1.29 is 9.90 Å². The first kappa shape index (κ1) is 10.8. The Bertz CT molecular complexity index is 371. The second-order valence-corrected chi connectivity index (χ2v) is 3.80. The maximum absolute atomic E-state index is 10.8. The first-order valence-corrected chi connectivity index (χ1v) is 4.62. The predicted molar refractivity (Wildman–Crippen MR) is 56.7 cm³/mol. The number of carbonyl (C=O) groups is 1. The third-order valence-electron chi connectivity index (χ3n) is 1.39. The van der Waals surface area contributed by atoms with E-state index in [4.69, 9.17) is 5.11 Å². The van der Waals surface area contributed by atoms with E-state index in [-0.39, 0.29) is 5.69 Å². The van der Waals surface area contributed by atoms with E-state index >= 15 is 0 Å². The van der Waals surface area contributed by atoms with Gasteiger partial charge in [0.1, 0.15) is 6.34 Å². The van der Waals surface area contributed by atoms with E-state index in [0.29, 0.717) is 4.47 Å². The number of rotatable bonds is 3. The first-order valence-electron chi connectivity index (χ1n) is 3.83. The van der Waals surface area contributed by atoms with Crippen molar-refractivity contribution in [3.63, 3.8) is 0 Å². The molecule has 0 bridgehead atoms. The maximum Gasteiger partial charge on any atom is 0.354 e. The lowest BCUT2D eigenvalue weighted by Gasteiger charge is -2.03. The van der Waals surface area contributed by atoms with Crippen molar-refractivity contribution in [1.29, 1.82) is 0 Å². The van der Waals surface area contributed by atoms with Crippen molar-refractivity contribution in [3.05, 3.63) is 22.4 Å². The largest absolute Gasteiger partial charge is 0.477 e. The Labute approximate surface area is 89.8 Å². The summed E-state index contributed by atoms with van der Waals surface area (Å²) in [6, 6.07) is 1.50. The fourth-order valence-corrected chi connectivity index (χ4v) is 1.25. The van der Waals surface area contributed by atoms with Gasteiger partial charge in [0.2, 0.25) is 0 Å². The summed E-state index contributed by atoms with van der Waals surface area (Å²) < 4.78 is 1.98. The maximum atomic E-state index is 10.8. The molecule has 0 atom stereocenters. The Morgan fingerprint density at radius 2 is 2.36 bits per heavy atom. The highest BCUT2D eigenvalue weighted by molar-refractivity contribution is 9.10. The zero-order chi connectivity index (χ0) is 10.7. The van der Waals surface area contributed by atoms with Crippen LogP contribution in [0.25, 0.3) is 0 Å². The van der Waals surface area contributed by atoms with Gasteiger partial charge in [-0.15, -0.1) is 0 Å². The minimum Gasteiger partial charge on any atom is -0.477 e. The molecule has 0 radical (unpaired) electrons. The number of aromatic carboxylic acids is 1. The van der Waals surface area contributed by atoms with Crippen LogP contribution in [0.15, 0.2) is 21.8 Å². The minimum absolute atomic E-state index is 0.120. The van der Waals surface area contributed by atoms with Crippen LogP contribution in [0.3, 0.4) is 0 Å². The van der Waals surface area contributed by atoms with E-state index < -0.39 is 5.97 Å². The zero-order valence-electron chi connectivity index (χ0n) is 7.81. The van der Waals surface area contributed by atoms with E-state index in [1.54, 1.807) is 11.1 Å². The van der Waals surface area contributed by atoms with Gasteiger partial charge in [-0.1, -0.05) is 0 Å². The summed E-state index contributed by atoms with van der Waals surface area (Å²) in [5.41, 5.74) is 0.120. The van der Waals surface area contributed by atoms with Gasteiger partial charge in [0.05, 0.1) is 0 Å². The molecule has 1 aromatic heterocycles. The summed E-state index contributed by atoms with van der Waals surface area (Å²) in [4.78, 5) is 12.5. The second kappa shape index (κ2) is 4.28. The predicted octanol–water partition coefficient (Wildman–Crippen LogP) is 1.30. The SMILES string of the molecule is CN(C)C=Nn1cc(Br)cc1C(=O)O. The van der Waals surface area contributed by atoms with Gasteiger partial charge in [-0.2, -0.15) is 5.10 Å². The van der Waals surface area contributed by atoms with Crippen molar-refractivity contribution in [1.82, 2.24) is 9.58 Å². The van der Waals surface area contributed by atoms with Crippen molar-refractivity contribution in [2.75, 3.05) is 14.1 Å². The molecule has 0 saturated carbocycles. The molecule has 76 valence electrons. The van der Waals surface area contributed by atoms with Crippen molar-refractivity contribution >= 4 is 28.2 Å². The van der Waals surface area contributed by atoms with Gasteiger partial charge < -0.3 is 10.0 Å². The molecule has 0 aliphatic heterocycles. The third kappa shape index (κ3) is 2.59. The molecule has 0 saturated heterocycles. The standard InChI is InChI=1S/C8H10BrN3O2/c1-11(2)5-10-12-4-6(9)3-7(12)8(13)14/h3-5H,1-2H3,(H,13,14). The van der Waals surface area contributed by atoms with Crippen molar-refractivity contribution in [2.24, 2.45) is 5.10 Å².